The van der Waals surface area contributed by atoms with Crippen molar-refractivity contribution in [3.05, 3.63) is 41.9 Å². The van der Waals surface area contributed by atoms with E-state index in [2.05, 4.69) is 47.3 Å². The van der Waals surface area contributed by atoms with Gasteiger partial charge in [0.25, 0.3) is 0 Å². The summed E-state index contributed by atoms with van der Waals surface area (Å²) < 4.78 is 8.85. The maximum absolute atomic E-state index is 6.51. The van der Waals surface area contributed by atoms with E-state index in [4.69, 9.17) is 4.74 Å². The Morgan fingerprint density at radius 1 is 1.37 bits per heavy atom. The lowest BCUT2D eigenvalue weighted by atomic mass is 9.83. The highest BCUT2D eigenvalue weighted by Crippen LogP contribution is 2.46. The van der Waals surface area contributed by atoms with Crippen LogP contribution >= 0.6 is 0 Å². The molecule has 1 aromatic rings. The van der Waals surface area contributed by atoms with Gasteiger partial charge in [0.05, 0.1) is 11.4 Å². The second kappa shape index (κ2) is 4.01. The van der Waals surface area contributed by atoms with Crippen molar-refractivity contribution < 1.29 is 4.74 Å². The van der Waals surface area contributed by atoms with E-state index in [-0.39, 0.29) is 5.60 Å². The smallest absolute Gasteiger partial charge is 0.152 e. The largest absolute Gasteiger partial charge is 0.479 e. The molecule has 0 bridgehead atoms. The summed E-state index contributed by atoms with van der Waals surface area (Å²) >= 11 is 0. The Labute approximate surface area is 113 Å². The number of nitrogens with zero attached hydrogens (tertiary/aromatic N) is 1. The number of piperidine rings is 1. The Bertz CT molecular complexity index is 569. The molecule has 0 aromatic carbocycles. The average molecular weight is 256 g/mol. The first-order chi connectivity index (χ1) is 9.28. The van der Waals surface area contributed by atoms with Crippen LogP contribution in [0.3, 0.4) is 0 Å². The third-order valence-electron chi connectivity index (χ3n) is 4.52. The molecule has 2 atom stereocenters. The standard InChI is InChI=1S/C16H20N2O/c1-12-11-16(8-9-17-12)15-7-4-10-18(15)13-5-2-3-6-14(13)19-16/h4-7,10,12,17H,2-3,8-9,11H2,1H3. The van der Waals surface area contributed by atoms with Crippen LogP contribution in [0.2, 0.25) is 0 Å². The minimum absolute atomic E-state index is 0.130. The van der Waals surface area contributed by atoms with E-state index in [1.54, 1.807) is 0 Å². The van der Waals surface area contributed by atoms with Crippen molar-refractivity contribution in [2.24, 2.45) is 0 Å². The van der Waals surface area contributed by atoms with Gasteiger partial charge in [-0.2, -0.15) is 0 Å². The molecule has 1 saturated heterocycles. The first kappa shape index (κ1) is 11.4. The minimum Gasteiger partial charge on any atom is -0.479 e. The summed E-state index contributed by atoms with van der Waals surface area (Å²) in [5.41, 5.74) is 2.43. The number of fused-ring (bicyclic) bond motifs is 4. The van der Waals surface area contributed by atoms with E-state index in [1.165, 1.54) is 11.4 Å². The number of aromatic nitrogens is 1. The molecular formula is C16H20N2O. The van der Waals surface area contributed by atoms with Crippen LogP contribution in [0.1, 0.15) is 38.3 Å². The van der Waals surface area contributed by atoms with Crippen molar-refractivity contribution >= 4 is 5.70 Å². The van der Waals surface area contributed by atoms with Crippen LogP contribution in [0, 0.1) is 0 Å². The summed E-state index contributed by atoms with van der Waals surface area (Å²) in [4.78, 5) is 0. The molecule has 19 heavy (non-hydrogen) atoms. The summed E-state index contributed by atoms with van der Waals surface area (Å²) in [6, 6.07) is 4.88. The SMILES string of the molecule is CC1CC2(CCN1)OC1=CCCC=C1n1cccc12. The highest BCUT2D eigenvalue weighted by atomic mass is 16.5. The van der Waals surface area contributed by atoms with Gasteiger partial charge < -0.3 is 14.6 Å². The molecular weight excluding hydrogens is 236 g/mol. The first-order valence-corrected chi connectivity index (χ1v) is 7.30. The fourth-order valence-corrected chi connectivity index (χ4v) is 3.69. The Morgan fingerprint density at radius 2 is 2.26 bits per heavy atom. The third-order valence-corrected chi connectivity index (χ3v) is 4.52. The van der Waals surface area contributed by atoms with E-state index in [0.29, 0.717) is 6.04 Å². The van der Waals surface area contributed by atoms with E-state index in [0.717, 1.165) is 38.0 Å². The molecule has 3 heteroatoms. The quantitative estimate of drug-likeness (QED) is 0.772. The third kappa shape index (κ3) is 1.61. The van der Waals surface area contributed by atoms with Crippen molar-refractivity contribution in [3.63, 3.8) is 0 Å². The van der Waals surface area contributed by atoms with Gasteiger partial charge >= 0.3 is 0 Å². The lowest BCUT2D eigenvalue weighted by Gasteiger charge is -2.45. The number of hydrogen-bond acceptors (Lipinski definition) is 2. The predicted octanol–water partition coefficient (Wildman–Crippen LogP) is 3.00. The maximum atomic E-state index is 6.51. The van der Waals surface area contributed by atoms with E-state index >= 15 is 0 Å². The van der Waals surface area contributed by atoms with Crippen LogP contribution < -0.4 is 5.32 Å². The summed E-state index contributed by atoms with van der Waals surface area (Å²) in [6.45, 7) is 3.27. The molecule has 1 aliphatic carbocycles. The van der Waals surface area contributed by atoms with Gasteiger partial charge in [-0.25, -0.2) is 0 Å². The predicted molar refractivity (Wildman–Crippen MR) is 75.5 cm³/mol. The van der Waals surface area contributed by atoms with Crippen molar-refractivity contribution in [3.8, 4) is 0 Å². The van der Waals surface area contributed by atoms with Crippen LogP contribution in [0.25, 0.3) is 5.70 Å². The molecule has 0 amide bonds. The van der Waals surface area contributed by atoms with Crippen LogP contribution in [0.5, 0.6) is 0 Å². The molecule has 1 N–H and O–H groups in total. The van der Waals surface area contributed by atoms with Crippen molar-refractivity contribution in [1.82, 2.24) is 9.88 Å². The Hall–Kier alpha value is -1.48. The van der Waals surface area contributed by atoms with Crippen LogP contribution in [-0.4, -0.2) is 17.2 Å². The molecule has 3 heterocycles. The molecule has 0 saturated carbocycles. The highest BCUT2D eigenvalue weighted by molar-refractivity contribution is 5.66. The van der Waals surface area contributed by atoms with Crippen molar-refractivity contribution in [2.45, 2.75) is 44.2 Å². The fourth-order valence-electron chi connectivity index (χ4n) is 3.69. The second-order valence-electron chi connectivity index (χ2n) is 5.90. The molecule has 1 spiro atoms. The Morgan fingerprint density at radius 3 is 3.16 bits per heavy atom. The zero-order chi connectivity index (χ0) is 12.9. The molecule has 2 unspecified atom stereocenters. The van der Waals surface area contributed by atoms with Crippen LogP contribution in [0.15, 0.2) is 36.2 Å². The minimum atomic E-state index is -0.130. The van der Waals surface area contributed by atoms with Gasteiger partial charge in [-0.05, 0) is 44.5 Å². The number of rotatable bonds is 0. The van der Waals surface area contributed by atoms with Gasteiger partial charge in [0.2, 0.25) is 0 Å². The molecule has 3 nitrogen and oxygen atoms in total. The van der Waals surface area contributed by atoms with Gasteiger partial charge in [-0.1, -0.05) is 6.08 Å². The topological polar surface area (TPSA) is 26.2 Å². The van der Waals surface area contributed by atoms with Gasteiger partial charge in [0.15, 0.2) is 5.60 Å². The van der Waals surface area contributed by atoms with E-state index in [1.807, 2.05) is 0 Å². The number of nitrogens with one attached hydrogen (secondary N) is 1. The lowest BCUT2D eigenvalue weighted by Crippen LogP contribution is -2.49. The lowest BCUT2D eigenvalue weighted by molar-refractivity contribution is -0.0450. The molecule has 3 aliphatic rings. The molecule has 1 aromatic heterocycles. The van der Waals surface area contributed by atoms with E-state index in [9.17, 15) is 0 Å². The number of hydrogen-bond donors (Lipinski definition) is 1. The fraction of sp³-hybridized carbons (Fsp3) is 0.500. The van der Waals surface area contributed by atoms with E-state index < -0.39 is 0 Å². The van der Waals surface area contributed by atoms with Gasteiger partial charge in [0, 0.05) is 25.1 Å². The maximum Gasteiger partial charge on any atom is 0.152 e. The monoisotopic (exact) mass is 256 g/mol. The zero-order valence-electron chi connectivity index (χ0n) is 11.4. The van der Waals surface area contributed by atoms with Gasteiger partial charge in [-0.3, -0.25) is 0 Å². The zero-order valence-corrected chi connectivity index (χ0v) is 11.4. The van der Waals surface area contributed by atoms with Crippen LogP contribution in [0.4, 0.5) is 0 Å². The molecule has 1 fully saturated rings. The number of allylic oxidation sites excluding steroid dienone is 3. The van der Waals surface area contributed by atoms with Gasteiger partial charge in [0.1, 0.15) is 5.76 Å². The molecule has 4 rings (SSSR count). The summed E-state index contributed by atoms with van der Waals surface area (Å²) in [5, 5.41) is 3.53. The second-order valence-corrected chi connectivity index (χ2v) is 5.90. The molecule has 100 valence electrons. The van der Waals surface area contributed by atoms with Crippen LogP contribution in [-0.2, 0) is 10.3 Å². The van der Waals surface area contributed by atoms with Crippen molar-refractivity contribution in [1.29, 1.82) is 0 Å². The normalized spacial score (nSPS) is 33.0. The van der Waals surface area contributed by atoms with Crippen molar-refractivity contribution in [2.75, 3.05) is 6.54 Å². The molecule has 0 radical (unpaired) electrons. The Kier molecular flexibility index (Phi) is 2.39. The Balaban J connectivity index is 1.86. The van der Waals surface area contributed by atoms with Gasteiger partial charge in [-0.15, -0.1) is 0 Å². The summed E-state index contributed by atoms with van der Waals surface area (Å²) in [5.74, 6) is 1.09. The first-order valence-electron chi connectivity index (χ1n) is 7.30. The summed E-state index contributed by atoms with van der Waals surface area (Å²) in [7, 11) is 0. The average Bonchev–Trinajstić information content (AvgIpc) is 2.89. The molecule has 2 aliphatic heterocycles. The highest BCUT2D eigenvalue weighted by Gasteiger charge is 2.45. The number of ether oxygens (including phenoxy) is 1. The summed E-state index contributed by atoms with van der Waals surface area (Å²) in [6.07, 6.45) is 11.0.